The molecule has 4 saturated carbocycles. The number of nitrogens with one attached hydrogen (secondary N) is 4. The number of phenolic OH excluding ortho intramolecular Hbond substituents is 1. The standard InChI is InChI=1S/C80H93N5O9/c1-4-44-40-82-69(81)38-56(44)55(47-20-19-45-14-8-9-15-46(45)31-47)37-64(88)63(87)33-49-25-28-80(67(90)23-21-48-34-66(94-3)65(89)36-54(48)49)29-26-50(35-68(80)91)71-53(22-24-70(92)93)72-60-18-10-16-52-17-11-27-79(52,2)84-42-59(71)75-77(72)76-61(85-60)39-62(86)57-32-51(30-43-12-6-5-7-13-43)58-41-83-78(75)74(58)73(57)76/h5-9,12-15,19-20,31-32,34,36,38,41,49-50,52-53,55,57,59-61,63-64,68,70-73,75-77,82-85,87-89,91-93H,4,11,17-18,21-24,26-27,29-30,33,35,37,39-40,42,81H2,1-3H3/t49-,50-,52+,53+,55-,57+,59-,60+,61+,63-,64+,68-,71+,72-,73+,75-,76-,77-,79+,80+/m1/s1. The van der Waals surface area contributed by atoms with Crippen molar-refractivity contribution in [2.75, 3.05) is 20.2 Å². The highest BCUT2D eigenvalue weighted by molar-refractivity contribution is 5.91. The molecular weight excluding hydrogens is 1170 g/mol. The molecule has 0 amide bonds. The number of fused-ring (bicyclic) bond motifs is 5. The van der Waals surface area contributed by atoms with Gasteiger partial charge in [-0.15, -0.1) is 5.92 Å². The first-order valence-corrected chi connectivity index (χ1v) is 35.3. The van der Waals surface area contributed by atoms with E-state index < -0.39 is 35.9 Å². The van der Waals surface area contributed by atoms with Gasteiger partial charge in [-0.05, 0) is 211 Å². The van der Waals surface area contributed by atoms with Gasteiger partial charge >= 0.3 is 0 Å². The Labute approximate surface area is 552 Å². The van der Waals surface area contributed by atoms with Crippen LogP contribution in [-0.2, 0) is 22.4 Å². The number of carbonyl (C=O) groups excluding carboxylic acids is 2. The largest absolute Gasteiger partial charge is 0.504 e. The number of rotatable bonds is 15. The van der Waals surface area contributed by atoms with Crippen LogP contribution in [0.5, 0.6) is 11.5 Å². The normalized spacial score (nSPS) is 34.7. The molecule has 1 aromatic heterocycles. The van der Waals surface area contributed by atoms with Crippen molar-refractivity contribution in [1.82, 2.24) is 20.9 Å². The van der Waals surface area contributed by atoms with Crippen LogP contribution in [0.25, 0.3) is 16.3 Å². The van der Waals surface area contributed by atoms with Gasteiger partial charge in [0.1, 0.15) is 11.2 Å². The van der Waals surface area contributed by atoms with Crippen LogP contribution < -0.4 is 26.4 Å². The van der Waals surface area contributed by atoms with Crippen molar-refractivity contribution in [1.29, 1.82) is 0 Å². The van der Waals surface area contributed by atoms with Crippen molar-refractivity contribution in [3.05, 3.63) is 159 Å². The van der Waals surface area contributed by atoms with Crippen LogP contribution in [0.2, 0.25) is 0 Å². The van der Waals surface area contributed by atoms with E-state index in [1.807, 2.05) is 24.3 Å². The van der Waals surface area contributed by atoms with E-state index in [-0.39, 0.29) is 144 Å². The van der Waals surface area contributed by atoms with E-state index in [0.717, 1.165) is 65.1 Å². The molecule has 4 bridgehead atoms. The highest BCUT2D eigenvalue weighted by Crippen LogP contribution is 2.69. The number of carbonyl (C=O) groups is 2. The molecule has 1 spiro atoms. The molecule has 5 aromatic rings. The zero-order valence-corrected chi connectivity index (χ0v) is 54.5. The average Bonchev–Trinajstić information content (AvgIpc) is 1.22. The molecule has 94 heavy (non-hydrogen) atoms. The van der Waals surface area contributed by atoms with Crippen LogP contribution in [0.1, 0.15) is 166 Å². The average molecular weight is 1270 g/mol. The van der Waals surface area contributed by atoms with E-state index in [1.165, 1.54) is 35.1 Å². The monoisotopic (exact) mass is 1270 g/mol. The molecular formula is C80H93N5O9. The zero-order valence-electron chi connectivity index (χ0n) is 54.5. The molecule has 20 atom stereocenters. The quantitative estimate of drug-likeness (QED) is 0.0346. The number of H-pyrrole nitrogens is 1. The van der Waals surface area contributed by atoms with Crippen LogP contribution in [0.15, 0.2) is 120 Å². The van der Waals surface area contributed by atoms with Gasteiger partial charge in [0.25, 0.3) is 0 Å². The number of allylic oxidation sites excluding steroid dienone is 4. The SMILES string of the molecule is CCC1=C([C@H](C[C@H](O)[C@H](O)C[C@H]2C#C[C@]3(CC[C@@H]([C@@H]4[C@H]5CN[C@@]6(C)CCC[C@@H]6C#CC[C@@H]6N[C@H]7CC(=O)[C@@H]8C=C(Cc9ccccc9)c9c[nH]c%10c9[C@H]8[C@@H]7[C@@H]([C@H]%105)[C@@H]6[C@H]4CCC(O)O)C[C@H]3O)C(=O)CCc3cc(OC)c(O)cc32)c2ccc3ccccc3c2)C=C(N)NC1. The van der Waals surface area contributed by atoms with Crippen LogP contribution in [0.4, 0.5) is 0 Å². The summed E-state index contributed by atoms with van der Waals surface area (Å²) in [6.07, 6.45) is 9.32. The molecule has 12 N–H and O–H groups in total. The molecule has 14 heteroatoms. The lowest BCUT2D eigenvalue weighted by molar-refractivity contribution is -0.149. The fraction of sp³-hybridized carbons (Fsp3) is 0.525. The van der Waals surface area contributed by atoms with E-state index in [4.69, 9.17) is 10.5 Å². The number of aliphatic hydroxyl groups is 5. The van der Waals surface area contributed by atoms with Gasteiger partial charge in [0.2, 0.25) is 0 Å². The molecule has 4 aliphatic heterocycles. The second kappa shape index (κ2) is 25.2. The third kappa shape index (κ3) is 11.0. The van der Waals surface area contributed by atoms with Crippen molar-refractivity contribution in [3.63, 3.8) is 0 Å². The number of benzene rings is 4. The van der Waals surface area contributed by atoms with E-state index in [0.29, 0.717) is 63.0 Å². The number of Topliss-reactive ketones (excluding diaryl/α,β-unsaturated/α-hetero) is 2. The number of aromatic hydroxyl groups is 1. The van der Waals surface area contributed by atoms with Crippen molar-refractivity contribution < 1.29 is 45.0 Å². The lowest BCUT2D eigenvalue weighted by atomic mass is 9.40. The van der Waals surface area contributed by atoms with Crippen molar-refractivity contribution in [3.8, 4) is 35.2 Å². The predicted octanol–water partition coefficient (Wildman–Crippen LogP) is 9.83. The minimum Gasteiger partial charge on any atom is -0.504 e. The van der Waals surface area contributed by atoms with E-state index >= 15 is 4.79 Å². The summed E-state index contributed by atoms with van der Waals surface area (Å²) in [4.78, 5) is 34.4. The Bertz CT molecular complexity index is 4000. The summed E-state index contributed by atoms with van der Waals surface area (Å²) < 4.78 is 5.66. The van der Waals surface area contributed by atoms with Crippen molar-refractivity contribution in [2.24, 2.45) is 64.4 Å². The minimum atomic E-state index is -1.52. The Morgan fingerprint density at radius 3 is 2.49 bits per heavy atom. The summed E-state index contributed by atoms with van der Waals surface area (Å²) in [5.41, 5.74) is 15.4. The lowest BCUT2D eigenvalue weighted by Crippen LogP contribution is -2.70. The highest BCUT2D eigenvalue weighted by Gasteiger charge is 2.67. The Morgan fingerprint density at radius 1 is 0.872 bits per heavy atom. The van der Waals surface area contributed by atoms with E-state index in [2.05, 4.69) is 125 Å². The number of nitrogens with two attached hydrogens (primary N) is 1. The number of piperidine rings is 1. The third-order valence-electron chi connectivity index (χ3n) is 25.4. The molecule has 0 unspecified atom stereocenters. The number of ketones is 2. The van der Waals surface area contributed by atoms with Gasteiger partial charge in [-0.25, -0.2) is 0 Å². The van der Waals surface area contributed by atoms with Gasteiger partial charge in [0, 0.05) is 90.8 Å². The number of ether oxygens (including phenoxy) is 1. The maximum absolute atomic E-state index is 15.5. The first-order valence-electron chi connectivity index (χ1n) is 35.3. The number of aromatic nitrogens is 1. The molecule has 4 aromatic carbocycles. The number of hydrogen-bond donors (Lipinski definition) is 11. The first kappa shape index (κ1) is 63.1. The topological polar surface area (TPSA) is 243 Å². The van der Waals surface area contributed by atoms with Crippen molar-refractivity contribution in [2.45, 2.75) is 182 Å². The van der Waals surface area contributed by atoms with Crippen LogP contribution >= 0.6 is 0 Å². The van der Waals surface area contributed by atoms with Gasteiger partial charge in [0.05, 0.1) is 31.2 Å². The molecule has 16 rings (SSSR count). The molecule has 0 radical (unpaired) electrons. The fourth-order valence-corrected chi connectivity index (χ4v) is 21.0. The number of aryl methyl sites for hydroxylation is 1. The third-order valence-corrected chi connectivity index (χ3v) is 25.4. The second-order valence-corrected chi connectivity index (χ2v) is 30.1. The van der Waals surface area contributed by atoms with Crippen molar-refractivity contribution >= 4 is 27.9 Å². The number of phenols is 1. The van der Waals surface area contributed by atoms with E-state index in [9.17, 15) is 35.4 Å². The molecule has 5 fully saturated rings. The summed E-state index contributed by atoms with van der Waals surface area (Å²) in [5, 5.41) is 85.8. The van der Waals surface area contributed by atoms with Crippen LogP contribution in [0, 0.1) is 82.4 Å². The summed E-state index contributed by atoms with van der Waals surface area (Å²) in [5.74, 6) is 14.5. The van der Waals surface area contributed by atoms with Crippen LogP contribution in [-0.4, -0.2) is 110 Å². The minimum absolute atomic E-state index is 0.00602. The smallest absolute Gasteiger partial charge is 0.160 e. The molecule has 5 heterocycles. The second-order valence-electron chi connectivity index (χ2n) is 30.1. The molecule has 14 nitrogen and oxygen atoms in total. The molecule has 492 valence electrons. The highest BCUT2D eigenvalue weighted by atomic mass is 16.5. The number of hydrogen-bond acceptors (Lipinski definition) is 13. The molecule has 7 aliphatic carbocycles. The van der Waals surface area contributed by atoms with Gasteiger partial charge in [-0.2, -0.15) is 0 Å². The molecule has 11 aliphatic rings. The van der Waals surface area contributed by atoms with Gasteiger partial charge in [-0.1, -0.05) is 110 Å². The molecule has 1 saturated heterocycles. The maximum Gasteiger partial charge on any atom is 0.160 e. The number of aromatic amines is 1. The van der Waals surface area contributed by atoms with Gasteiger partial charge in [0.15, 0.2) is 23.6 Å². The number of methoxy groups -OCH3 is 1. The Hall–Kier alpha value is -6.98. The Balaban J connectivity index is 0.800. The number of dihydropyridines is 1. The Kier molecular flexibility index (Phi) is 16.9. The summed E-state index contributed by atoms with van der Waals surface area (Å²) in [6, 6.07) is 28.4. The lowest BCUT2D eigenvalue weighted by Gasteiger charge is -2.67. The van der Waals surface area contributed by atoms with Gasteiger partial charge < -0.3 is 62.0 Å². The first-order chi connectivity index (χ1) is 45.5. The van der Waals surface area contributed by atoms with Crippen LogP contribution in [0.3, 0.4) is 0 Å². The van der Waals surface area contributed by atoms with Gasteiger partial charge in [-0.3, -0.25) is 9.59 Å². The summed E-state index contributed by atoms with van der Waals surface area (Å²) in [7, 11) is 1.49. The predicted molar refractivity (Wildman–Crippen MR) is 363 cm³/mol. The number of aliphatic hydroxyl groups excluding tert-OH is 4. The fourth-order valence-electron chi connectivity index (χ4n) is 21.0. The Morgan fingerprint density at radius 2 is 1.69 bits per heavy atom. The summed E-state index contributed by atoms with van der Waals surface area (Å²) >= 11 is 0. The maximum atomic E-state index is 15.5. The zero-order chi connectivity index (χ0) is 64.9. The summed E-state index contributed by atoms with van der Waals surface area (Å²) in [6.45, 7) is 5.73. The van der Waals surface area contributed by atoms with E-state index in [1.54, 1.807) is 12.1 Å².